The van der Waals surface area contributed by atoms with Crippen molar-refractivity contribution >= 4 is 5.78 Å². The monoisotopic (exact) mass is 261 g/mol. The fraction of sp³-hybridized carbons (Fsp3) is 0.562. The largest absolute Gasteiger partial charge is 0.493 e. The molecule has 0 radical (unpaired) electrons. The second kappa shape index (κ2) is 6.20. The van der Waals surface area contributed by atoms with E-state index in [1.165, 1.54) is 0 Å². The summed E-state index contributed by atoms with van der Waals surface area (Å²) in [6.45, 7) is 4.75. The lowest BCUT2D eigenvalue weighted by molar-refractivity contribution is 0.0922. The Bertz CT molecular complexity index is 454. The molecular formula is C16H23NO2. The van der Waals surface area contributed by atoms with E-state index in [0.717, 1.165) is 49.2 Å². The van der Waals surface area contributed by atoms with E-state index in [4.69, 9.17) is 10.5 Å². The molecule has 0 saturated heterocycles. The summed E-state index contributed by atoms with van der Waals surface area (Å²) in [6, 6.07) is 6.02. The second-order valence-electron chi connectivity index (χ2n) is 5.59. The van der Waals surface area contributed by atoms with E-state index in [1.807, 2.05) is 32.0 Å². The van der Waals surface area contributed by atoms with Crippen LogP contribution in [0.4, 0.5) is 0 Å². The highest BCUT2D eigenvalue weighted by molar-refractivity contribution is 5.98. The van der Waals surface area contributed by atoms with Gasteiger partial charge in [-0.2, -0.15) is 0 Å². The van der Waals surface area contributed by atoms with Crippen LogP contribution in [0.2, 0.25) is 0 Å². The Morgan fingerprint density at radius 3 is 2.89 bits per heavy atom. The van der Waals surface area contributed by atoms with Gasteiger partial charge >= 0.3 is 0 Å². The third kappa shape index (κ3) is 3.57. The van der Waals surface area contributed by atoms with Gasteiger partial charge in [0, 0.05) is 23.9 Å². The minimum absolute atomic E-state index is 0.0686. The first-order chi connectivity index (χ1) is 9.08. The first kappa shape index (κ1) is 14.1. The predicted octanol–water partition coefficient (Wildman–Crippen LogP) is 2.96. The van der Waals surface area contributed by atoms with Gasteiger partial charge in [-0.25, -0.2) is 0 Å². The van der Waals surface area contributed by atoms with E-state index in [2.05, 4.69) is 0 Å². The summed E-state index contributed by atoms with van der Waals surface area (Å²) < 4.78 is 5.46. The maximum atomic E-state index is 12.3. The number of carbonyl (C=O) groups excluding carboxylic acids is 1. The molecule has 3 heteroatoms. The molecule has 1 aromatic carbocycles. The van der Waals surface area contributed by atoms with Gasteiger partial charge in [0.05, 0.1) is 6.61 Å². The van der Waals surface area contributed by atoms with Crippen molar-refractivity contribution in [2.24, 2.45) is 11.7 Å². The van der Waals surface area contributed by atoms with Crippen molar-refractivity contribution in [3.05, 3.63) is 29.3 Å². The fourth-order valence-electron chi connectivity index (χ4n) is 2.50. The normalized spacial score (nSPS) is 16.6. The van der Waals surface area contributed by atoms with Crippen molar-refractivity contribution in [2.75, 3.05) is 6.61 Å². The first-order valence-electron chi connectivity index (χ1n) is 7.13. The van der Waals surface area contributed by atoms with E-state index in [9.17, 15) is 4.79 Å². The molecular weight excluding hydrogens is 238 g/mol. The predicted molar refractivity (Wildman–Crippen MR) is 76.6 cm³/mol. The molecule has 1 aliphatic heterocycles. The molecule has 0 fully saturated rings. The molecule has 0 aromatic heterocycles. The van der Waals surface area contributed by atoms with Crippen molar-refractivity contribution in [1.82, 2.24) is 0 Å². The smallest absolute Gasteiger partial charge is 0.165 e. The Hall–Kier alpha value is -1.35. The van der Waals surface area contributed by atoms with Crippen molar-refractivity contribution in [1.29, 1.82) is 0 Å². The number of fused-ring (bicyclic) bond motifs is 1. The van der Waals surface area contributed by atoms with E-state index >= 15 is 0 Å². The zero-order chi connectivity index (χ0) is 13.8. The summed E-state index contributed by atoms with van der Waals surface area (Å²) in [6.07, 6.45) is 3.82. The van der Waals surface area contributed by atoms with Gasteiger partial charge < -0.3 is 10.5 Å². The zero-order valence-electron chi connectivity index (χ0n) is 11.8. The van der Waals surface area contributed by atoms with Crippen molar-refractivity contribution in [3.63, 3.8) is 0 Å². The van der Waals surface area contributed by atoms with Gasteiger partial charge in [0.15, 0.2) is 5.78 Å². The molecule has 0 saturated carbocycles. The molecule has 19 heavy (non-hydrogen) atoms. The topological polar surface area (TPSA) is 52.3 Å². The third-order valence-electron chi connectivity index (χ3n) is 3.72. The van der Waals surface area contributed by atoms with E-state index in [0.29, 0.717) is 0 Å². The average Bonchev–Trinajstić information content (AvgIpc) is 2.84. The lowest BCUT2D eigenvalue weighted by atomic mass is 9.92. The molecule has 0 amide bonds. The van der Waals surface area contributed by atoms with Crippen LogP contribution in [-0.4, -0.2) is 18.4 Å². The van der Waals surface area contributed by atoms with Crippen LogP contribution in [0.1, 0.15) is 49.0 Å². The minimum Gasteiger partial charge on any atom is -0.493 e. The van der Waals surface area contributed by atoms with Crippen LogP contribution < -0.4 is 10.5 Å². The Kier molecular flexibility index (Phi) is 4.59. The van der Waals surface area contributed by atoms with Crippen LogP contribution in [0.3, 0.4) is 0 Å². The molecule has 2 unspecified atom stereocenters. The number of Topliss-reactive ketones (excluding diaryl/α,β-unsaturated/α-hetero) is 1. The van der Waals surface area contributed by atoms with Gasteiger partial charge in [0.25, 0.3) is 0 Å². The molecule has 1 aromatic rings. The van der Waals surface area contributed by atoms with Crippen LogP contribution in [0.25, 0.3) is 0 Å². The molecule has 0 spiro atoms. The molecule has 104 valence electrons. The number of carbonyl (C=O) groups is 1. The number of benzene rings is 1. The van der Waals surface area contributed by atoms with Crippen molar-refractivity contribution in [2.45, 2.75) is 45.6 Å². The van der Waals surface area contributed by atoms with E-state index < -0.39 is 0 Å². The molecule has 1 heterocycles. The van der Waals surface area contributed by atoms with Crippen LogP contribution in [0.15, 0.2) is 18.2 Å². The molecule has 1 aliphatic rings. The van der Waals surface area contributed by atoms with Gasteiger partial charge in [0.1, 0.15) is 5.75 Å². The highest BCUT2D eigenvalue weighted by Crippen LogP contribution is 2.27. The standard InChI is InChI=1S/C16H23NO2/c1-11(4-3-5-12(2)17)16(18)14-6-7-15-13(10-14)8-9-19-15/h6-7,10-12H,3-5,8-9,17H2,1-2H3. The van der Waals surface area contributed by atoms with Gasteiger partial charge in [-0.1, -0.05) is 13.3 Å². The number of hydrogen-bond donors (Lipinski definition) is 1. The molecule has 0 bridgehead atoms. The van der Waals surface area contributed by atoms with Crippen molar-refractivity contribution < 1.29 is 9.53 Å². The van der Waals surface area contributed by atoms with Gasteiger partial charge in [0.2, 0.25) is 0 Å². The second-order valence-corrected chi connectivity index (χ2v) is 5.59. The highest BCUT2D eigenvalue weighted by Gasteiger charge is 2.18. The molecule has 2 rings (SSSR count). The third-order valence-corrected chi connectivity index (χ3v) is 3.72. The highest BCUT2D eigenvalue weighted by atomic mass is 16.5. The Balaban J connectivity index is 1.95. The van der Waals surface area contributed by atoms with Crippen LogP contribution >= 0.6 is 0 Å². The van der Waals surface area contributed by atoms with Gasteiger partial charge in [-0.3, -0.25) is 4.79 Å². The number of ketones is 1. The average molecular weight is 261 g/mol. The summed E-state index contributed by atoms with van der Waals surface area (Å²) in [4.78, 5) is 12.3. The fourth-order valence-corrected chi connectivity index (χ4v) is 2.50. The van der Waals surface area contributed by atoms with Crippen LogP contribution in [0, 0.1) is 5.92 Å². The number of rotatable bonds is 6. The molecule has 3 nitrogen and oxygen atoms in total. The Morgan fingerprint density at radius 2 is 2.16 bits per heavy atom. The lowest BCUT2D eigenvalue weighted by Gasteiger charge is -2.12. The summed E-state index contributed by atoms with van der Waals surface area (Å²) >= 11 is 0. The van der Waals surface area contributed by atoms with Gasteiger partial charge in [-0.05, 0) is 43.5 Å². The number of ether oxygens (including phenoxy) is 1. The van der Waals surface area contributed by atoms with E-state index in [1.54, 1.807) is 0 Å². The van der Waals surface area contributed by atoms with Crippen LogP contribution in [0.5, 0.6) is 5.75 Å². The quantitative estimate of drug-likeness (QED) is 0.801. The summed E-state index contributed by atoms with van der Waals surface area (Å²) in [5.74, 6) is 1.24. The SMILES string of the molecule is CC(N)CCCC(C)C(=O)c1ccc2c(c1)CCO2. The maximum absolute atomic E-state index is 12.3. The summed E-state index contributed by atoms with van der Waals surface area (Å²) in [7, 11) is 0. The molecule has 2 N–H and O–H groups in total. The summed E-state index contributed by atoms with van der Waals surface area (Å²) in [5, 5.41) is 0. The molecule has 2 atom stereocenters. The maximum Gasteiger partial charge on any atom is 0.165 e. The zero-order valence-corrected chi connectivity index (χ0v) is 11.8. The van der Waals surface area contributed by atoms with Crippen molar-refractivity contribution in [3.8, 4) is 5.75 Å². The van der Waals surface area contributed by atoms with E-state index in [-0.39, 0.29) is 17.7 Å². The summed E-state index contributed by atoms with van der Waals surface area (Å²) in [5.41, 5.74) is 7.71. The number of hydrogen-bond acceptors (Lipinski definition) is 3. The molecule has 0 aliphatic carbocycles. The van der Waals surface area contributed by atoms with Crippen LogP contribution in [-0.2, 0) is 6.42 Å². The minimum atomic E-state index is 0.0686. The first-order valence-corrected chi connectivity index (χ1v) is 7.13. The number of nitrogens with two attached hydrogens (primary N) is 1. The Labute approximate surface area is 115 Å². The van der Waals surface area contributed by atoms with Gasteiger partial charge in [-0.15, -0.1) is 0 Å². The Morgan fingerprint density at radius 1 is 1.37 bits per heavy atom. The lowest BCUT2D eigenvalue weighted by Crippen LogP contribution is -2.16.